The van der Waals surface area contributed by atoms with Crippen molar-refractivity contribution in [3.63, 3.8) is 0 Å². The Morgan fingerprint density at radius 1 is 1.00 bits per heavy atom. The third kappa shape index (κ3) is 5.76. The van der Waals surface area contributed by atoms with Gasteiger partial charge >= 0.3 is 0 Å². The van der Waals surface area contributed by atoms with Crippen LogP contribution in [0.5, 0.6) is 11.5 Å². The summed E-state index contributed by atoms with van der Waals surface area (Å²) in [5.41, 5.74) is 0.989. The number of nitrogens with one attached hydrogen (secondary N) is 2. The van der Waals surface area contributed by atoms with Crippen LogP contribution in [0.4, 0.5) is 0 Å². The highest BCUT2D eigenvalue weighted by molar-refractivity contribution is 5.78. The second-order valence-electron chi connectivity index (χ2n) is 5.51. The lowest BCUT2D eigenvalue weighted by atomic mass is 10.1. The molecule has 0 spiro atoms. The maximum Gasteiger partial charge on any atom is 0.222 e. The maximum atomic E-state index is 11.8. The second kappa shape index (κ2) is 8.72. The molecule has 5 heteroatoms. The number of hydrogen-bond donors (Lipinski definition) is 2. The minimum atomic E-state index is -0.134. The first-order valence-electron chi connectivity index (χ1n) is 7.91. The van der Waals surface area contributed by atoms with Crippen molar-refractivity contribution in [1.29, 1.82) is 0 Å². The van der Waals surface area contributed by atoms with Crippen molar-refractivity contribution in [1.82, 2.24) is 10.6 Å². The van der Waals surface area contributed by atoms with Gasteiger partial charge in [-0.3, -0.25) is 9.59 Å². The topological polar surface area (TPSA) is 67.4 Å². The number of rotatable bonds is 7. The van der Waals surface area contributed by atoms with Crippen molar-refractivity contribution >= 4 is 11.8 Å². The molecule has 0 radical (unpaired) electrons. The lowest BCUT2D eigenvalue weighted by molar-refractivity contribution is -0.122. The van der Waals surface area contributed by atoms with Crippen molar-refractivity contribution in [3.8, 4) is 11.5 Å². The van der Waals surface area contributed by atoms with Crippen LogP contribution in [0.15, 0.2) is 54.6 Å². The molecule has 1 atom stereocenters. The Morgan fingerprint density at radius 2 is 1.62 bits per heavy atom. The van der Waals surface area contributed by atoms with Gasteiger partial charge in [-0.05, 0) is 36.8 Å². The maximum absolute atomic E-state index is 11.8. The summed E-state index contributed by atoms with van der Waals surface area (Å²) in [5.74, 6) is 1.30. The summed E-state index contributed by atoms with van der Waals surface area (Å²) in [6, 6.07) is 17.1. The summed E-state index contributed by atoms with van der Waals surface area (Å²) < 4.78 is 5.74. The average Bonchev–Trinajstić information content (AvgIpc) is 2.56. The summed E-state index contributed by atoms with van der Waals surface area (Å²) in [7, 11) is 0. The molecule has 0 fully saturated rings. The van der Waals surface area contributed by atoms with Gasteiger partial charge in [0.1, 0.15) is 11.5 Å². The molecule has 0 aromatic heterocycles. The number of hydrogen-bond acceptors (Lipinski definition) is 3. The van der Waals surface area contributed by atoms with Crippen LogP contribution < -0.4 is 15.4 Å². The Bertz CT molecular complexity index is 669. The van der Waals surface area contributed by atoms with E-state index in [-0.39, 0.29) is 24.3 Å². The molecule has 126 valence electrons. The van der Waals surface area contributed by atoms with Crippen molar-refractivity contribution in [3.05, 3.63) is 60.2 Å². The van der Waals surface area contributed by atoms with E-state index in [4.69, 9.17) is 4.74 Å². The third-order valence-corrected chi connectivity index (χ3v) is 3.46. The van der Waals surface area contributed by atoms with Crippen molar-refractivity contribution < 1.29 is 14.3 Å². The summed E-state index contributed by atoms with van der Waals surface area (Å²) in [6.07, 6.45) is 0.263. The van der Waals surface area contributed by atoms with E-state index >= 15 is 0 Å². The Balaban J connectivity index is 1.85. The molecule has 0 unspecified atom stereocenters. The Hall–Kier alpha value is -2.82. The molecule has 0 heterocycles. The van der Waals surface area contributed by atoms with Crippen LogP contribution in [0.1, 0.15) is 31.9 Å². The molecule has 5 nitrogen and oxygen atoms in total. The number of ether oxygens (including phenoxy) is 1. The van der Waals surface area contributed by atoms with Crippen LogP contribution in [0, 0.1) is 0 Å². The number of amides is 2. The highest BCUT2D eigenvalue weighted by Gasteiger charge is 2.10. The van der Waals surface area contributed by atoms with Crippen molar-refractivity contribution in [2.45, 2.75) is 26.3 Å². The van der Waals surface area contributed by atoms with E-state index in [0.29, 0.717) is 6.54 Å². The second-order valence-corrected chi connectivity index (χ2v) is 5.51. The molecule has 2 aromatic rings. The molecule has 0 bridgehead atoms. The predicted octanol–water partition coefficient (Wildman–Crippen LogP) is 3.18. The molecule has 0 saturated carbocycles. The van der Waals surface area contributed by atoms with E-state index in [1.54, 1.807) is 0 Å². The normalized spacial score (nSPS) is 11.4. The largest absolute Gasteiger partial charge is 0.457 e. The van der Waals surface area contributed by atoms with Crippen molar-refractivity contribution in [2.24, 2.45) is 0 Å². The predicted molar refractivity (Wildman–Crippen MR) is 92.8 cm³/mol. The van der Waals surface area contributed by atoms with E-state index in [1.807, 2.05) is 61.5 Å². The molecule has 2 N–H and O–H groups in total. The Labute approximate surface area is 142 Å². The first-order chi connectivity index (χ1) is 11.5. The lowest BCUT2D eigenvalue weighted by Crippen LogP contribution is -2.31. The quantitative estimate of drug-likeness (QED) is 0.821. The van der Waals surface area contributed by atoms with Gasteiger partial charge in [-0.2, -0.15) is 0 Å². The summed E-state index contributed by atoms with van der Waals surface area (Å²) >= 11 is 0. The fourth-order valence-electron chi connectivity index (χ4n) is 2.20. The fraction of sp³-hybridized carbons (Fsp3) is 0.263. The van der Waals surface area contributed by atoms with Gasteiger partial charge in [0.05, 0.1) is 6.04 Å². The summed E-state index contributed by atoms with van der Waals surface area (Å²) in [4.78, 5) is 22.6. The van der Waals surface area contributed by atoms with E-state index in [2.05, 4.69) is 10.6 Å². The summed E-state index contributed by atoms with van der Waals surface area (Å²) in [6.45, 7) is 3.70. The van der Waals surface area contributed by atoms with Crippen LogP contribution in [-0.4, -0.2) is 18.4 Å². The molecule has 2 rings (SSSR count). The zero-order valence-electron chi connectivity index (χ0n) is 13.9. The SMILES string of the molecule is CC(=O)NCCC(=O)N[C@H](C)c1ccc(Oc2ccccc2)cc1. The van der Waals surface area contributed by atoms with E-state index in [9.17, 15) is 9.59 Å². The van der Waals surface area contributed by atoms with Gasteiger partial charge in [-0.1, -0.05) is 30.3 Å². The smallest absolute Gasteiger partial charge is 0.222 e. The third-order valence-electron chi connectivity index (χ3n) is 3.46. The van der Waals surface area contributed by atoms with Crippen molar-refractivity contribution in [2.75, 3.05) is 6.54 Å². The number of benzene rings is 2. The number of para-hydroxylation sites is 1. The van der Waals surface area contributed by atoms with Gasteiger partial charge < -0.3 is 15.4 Å². The van der Waals surface area contributed by atoms with E-state index in [0.717, 1.165) is 17.1 Å². The van der Waals surface area contributed by atoms with Crippen LogP contribution in [0.2, 0.25) is 0 Å². The zero-order valence-corrected chi connectivity index (χ0v) is 13.9. The number of carbonyl (C=O) groups is 2. The van der Waals surface area contributed by atoms with Gasteiger partial charge in [0.15, 0.2) is 0 Å². The highest BCUT2D eigenvalue weighted by Crippen LogP contribution is 2.23. The van der Waals surface area contributed by atoms with Gasteiger partial charge in [0.25, 0.3) is 0 Å². The van der Waals surface area contributed by atoms with Gasteiger partial charge in [-0.25, -0.2) is 0 Å². The molecule has 0 aliphatic rings. The van der Waals surface area contributed by atoms with E-state index < -0.39 is 0 Å². The molecule has 0 aliphatic heterocycles. The first-order valence-corrected chi connectivity index (χ1v) is 7.91. The van der Waals surface area contributed by atoms with Gasteiger partial charge in [-0.15, -0.1) is 0 Å². The molecule has 2 aromatic carbocycles. The molecular formula is C19H22N2O3. The molecule has 2 amide bonds. The average molecular weight is 326 g/mol. The minimum Gasteiger partial charge on any atom is -0.457 e. The number of carbonyl (C=O) groups excluding carboxylic acids is 2. The Morgan fingerprint density at radius 3 is 2.25 bits per heavy atom. The minimum absolute atomic E-state index is 0.0964. The standard InChI is InChI=1S/C19H22N2O3/c1-14(21-19(23)12-13-20-15(2)22)16-8-10-18(11-9-16)24-17-6-4-3-5-7-17/h3-11,14H,12-13H2,1-2H3,(H,20,22)(H,21,23)/t14-/m1/s1. The molecule has 0 saturated heterocycles. The summed E-state index contributed by atoms with van der Waals surface area (Å²) in [5, 5.41) is 5.51. The molecular weight excluding hydrogens is 304 g/mol. The van der Waals surface area contributed by atoms with E-state index in [1.165, 1.54) is 6.92 Å². The van der Waals surface area contributed by atoms with Crippen LogP contribution >= 0.6 is 0 Å². The van der Waals surface area contributed by atoms with Crippen LogP contribution in [-0.2, 0) is 9.59 Å². The van der Waals surface area contributed by atoms with Crippen LogP contribution in [0.3, 0.4) is 0 Å². The van der Waals surface area contributed by atoms with Gasteiger partial charge in [0, 0.05) is 19.9 Å². The monoisotopic (exact) mass is 326 g/mol. The lowest BCUT2D eigenvalue weighted by Gasteiger charge is -2.15. The van der Waals surface area contributed by atoms with Crippen LogP contribution in [0.25, 0.3) is 0 Å². The fourth-order valence-corrected chi connectivity index (χ4v) is 2.20. The molecule has 0 aliphatic carbocycles. The van der Waals surface area contributed by atoms with Gasteiger partial charge in [0.2, 0.25) is 11.8 Å². The Kier molecular flexibility index (Phi) is 6.37. The zero-order chi connectivity index (χ0) is 17.4. The first kappa shape index (κ1) is 17.5. The molecule has 24 heavy (non-hydrogen) atoms. The highest BCUT2D eigenvalue weighted by atomic mass is 16.5.